The largest absolute Gasteiger partial charge is 0.313 e. The highest BCUT2D eigenvalue weighted by molar-refractivity contribution is 6.35. The Morgan fingerprint density at radius 2 is 2.00 bits per heavy atom. The van der Waals surface area contributed by atoms with E-state index in [2.05, 4.69) is 18.3 Å². The van der Waals surface area contributed by atoms with E-state index in [4.69, 9.17) is 23.2 Å². The lowest BCUT2D eigenvalue weighted by Crippen LogP contribution is -2.48. The average molecular weight is 284 g/mol. The molecule has 0 bridgehead atoms. The van der Waals surface area contributed by atoms with Crippen molar-refractivity contribution in [1.29, 1.82) is 0 Å². The smallest absolute Gasteiger partial charge is 0.0458 e. The van der Waals surface area contributed by atoms with Crippen LogP contribution in [0.1, 0.15) is 38.2 Å². The van der Waals surface area contributed by atoms with E-state index < -0.39 is 0 Å². The second-order valence-corrected chi connectivity index (χ2v) is 6.92. The zero-order valence-electron chi connectivity index (χ0n) is 10.7. The monoisotopic (exact) mass is 283 g/mol. The summed E-state index contributed by atoms with van der Waals surface area (Å²) in [4.78, 5) is 0. The van der Waals surface area contributed by atoms with Crippen molar-refractivity contribution in [3.05, 3.63) is 33.8 Å². The molecule has 0 unspecified atom stereocenters. The third-order valence-electron chi connectivity index (χ3n) is 4.29. The zero-order valence-corrected chi connectivity index (χ0v) is 12.2. The molecule has 1 N–H and O–H groups in total. The zero-order chi connectivity index (χ0) is 12.8. The van der Waals surface area contributed by atoms with Crippen molar-refractivity contribution >= 4 is 23.2 Å². The summed E-state index contributed by atoms with van der Waals surface area (Å²) in [6.07, 6.45) is 5.13. The Labute approximate surface area is 119 Å². The van der Waals surface area contributed by atoms with Crippen LogP contribution in [0.3, 0.4) is 0 Å². The fourth-order valence-corrected chi connectivity index (χ4v) is 3.89. The van der Waals surface area contributed by atoms with Gasteiger partial charge in [0.1, 0.15) is 0 Å². The lowest BCUT2D eigenvalue weighted by atomic mass is 9.59. The molecule has 98 valence electrons. The van der Waals surface area contributed by atoms with Crippen molar-refractivity contribution in [3.8, 4) is 0 Å². The first-order valence-corrected chi connectivity index (χ1v) is 7.54. The van der Waals surface area contributed by atoms with Gasteiger partial charge in [0.05, 0.1) is 0 Å². The van der Waals surface area contributed by atoms with Crippen LogP contribution in [0.2, 0.25) is 10.0 Å². The molecular formula is C15H19Cl2N. The number of rotatable bonds is 4. The van der Waals surface area contributed by atoms with E-state index in [1.54, 1.807) is 0 Å². The van der Waals surface area contributed by atoms with Crippen LogP contribution in [0.4, 0.5) is 0 Å². The van der Waals surface area contributed by atoms with E-state index in [-0.39, 0.29) is 5.41 Å². The summed E-state index contributed by atoms with van der Waals surface area (Å²) in [6, 6.07) is 6.71. The van der Waals surface area contributed by atoms with Crippen molar-refractivity contribution in [1.82, 2.24) is 5.32 Å². The van der Waals surface area contributed by atoms with Crippen LogP contribution in [0.15, 0.2) is 18.2 Å². The molecule has 0 amide bonds. The Bertz CT molecular complexity index is 448. The molecule has 2 aliphatic rings. The quantitative estimate of drug-likeness (QED) is 0.863. The first-order valence-electron chi connectivity index (χ1n) is 6.78. The summed E-state index contributed by atoms with van der Waals surface area (Å²) in [6.45, 7) is 3.38. The lowest BCUT2D eigenvalue weighted by Gasteiger charge is -2.48. The molecule has 0 spiro atoms. The van der Waals surface area contributed by atoms with Crippen LogP contribution in [-0.2, 0) is 5.41 Å². The summed E-state index contributed by atoms with van der Waals surface area (Å²) in [5.74, 6) is 0.803. The molecule has 3 rings (SSSR count). The SMILES string of the molecule is CC1CC(CNC2CC2)(c2ccc(Cl)cc2Cl)C1. The minimum atomic E-state index is 0.240. The summed E-state index contributed by atoms with van der Waals surface area (Å²) in [5, 5.41) is 5.22. The molecule has 1 nitrogen and oxygen atoms in total. The van der Waals surface area contributed by atoms with Gasteiger partial charge >= 0.3 is 0 Å². The Morgan fingerprint density at radius 1 is 1.28 bits per heavy atom. The minimum absolute atomic E-state index is 0.240. The van der Waals surface area contributed by atoms with Crippen molar-refractivity contribution in [2.45, 2.75) is 44.1 Å². The van der Waals surface area contributed by atoms with E-state index >= 15 is 0 Å². The molecule has 3 heteroatoms. The third kappa shape index (κ3) is 2.41. The van der Waals surface area contributed by atoms with Gasteiger partial charge in [0, 0.05) is 28.0 Å². The van der Waals surface area contributed by atoms with Crippen LogP contribution in [0.5, 0.6) is 0 Å². The normalized spacial score (nSPS) is 31.2. The molecule has 2 aliphatic carbocycles. The predicted molar refractivity (Wildman–Crippen MR) is 77.6 cm³/mol. The second-order valence-electron chi connectivity index (χ2n) is 6.07. The van der Waals surface area contributed by atoms with Gasteiger partial charge in [-0.1, -0.05) is 36.2 Å². The van der Waals surface area contributed by atoms with Gasteiger partial charge in [0.2, 0.25) is 0 Å². The maximum Gasteiger partial charge on any atom is 0.0458 e. The number of benzene rings is 1. The minimum Gasteiger partial charge on any atom is -0.313 e. The van der Waals surface area contributed by atoms with Gasteiger partial charge in [0.25, 0.3) is 0 Å². The van der Waals surface area contributed by atoms with E-state index in [1.165, 1.54) is 31.2 Å². The predicted octanol–water partition coefficient (Wildman–Crippen LogP) is 4.41. The topological polar surface area (TPSA) is 12.0 Å². The molecule has 18 heavy (non-hydrogen) atoms. The highest BCUT2D eigenvalue weighted by Gasteiger charge is 2.45. The Kier molecular flexibility index (Phi) is 3.34. The second kappa shape index (κ2) is 4.70. The molecule has 1 aromatic carbocycles. The fourth-order valence-electron chi connectivity index (χ4n) is 3.28. The van der Waals surface area contributed by atoms with Crippen LogP contribution < -0.4 is 5.32 Å². The van der Waals surface area contributed by atoms with Crippen LogP contribution in [0, 0.1) is 5.92 Å². The average Bonchev–Trinajstić information content (AvgIpc) is 3.07. The first-order chi connectivity index (χ1) is 8.59. The number of hydrogen-bond donors (Lipinski definition) is 1. The summed E-state index contributed by atoms with van der Waals surface area (Å²) in [5.41, 5.74) is 1.52. The van der Waals surface area contributed by atoms with Crippen molar-refractivity contribution < 1.29 is 0 Å². The molecule has 2 fully saturated rings. The van der Waals surface area contributed by atoms with Gasteiger partial charge in [-0.3, -0.25) is 0 Å². The van der Waals surface area contributed by atoms with E-state index in [9.17, 15) is 0 Å². The standard InChI is InChI=1S/C15H19Cl2N/c1-10-7-15(8-10,9-18-12-3-4-12)13-5-2-11(16)6-14(13)17/h2,5-6,10,12,18H,3-4,7-9H2,1H3. The lowest BCUT2D eigenvalue weighted by molar-refractivity contribution is 0.152. The molecule has 0 saturated heterocycles. The van der Waals surface area contributed by atoms with E-state index in [0.29, 0.717) is 0 Å². The van der Waals surface area contributed by atoms with E-state index in [1.807, 2.05) is 12.1 Å². The molecule has 0 aliphatic heterocycles. The summed E-state index contributed by atoms with van der Waals surface area (Å²) in [7, 11) is 0. The van der Waals surface area contributed by atoms with Gasteiger partial charge < -0.3 is 5.32 Å². The van der Waals surface area contributed by atoms with Crippen LogP contribution in [0.25, 0.3) is 0 Å². The number of nitrogens with one attached hydrogen (secondary N) is 1. The molecular weight excluding hydrogens is 265 g/mol. The number of hydrogen-bond acceptors (Lipinski definition) is 1. The molecule has 0 aromatic heterocycles. The van der Waals surface area contributed by atoms with Crippen molar-refractivity contribution in [2.24, 2.45) is 5.92 Å². The molecule has 0 atom stereocenters. The molecule has 0 heterocycles. The van der Waals surface area contributed by atoms with Gasteiger partial charge in [-0.05, 0) is 49.3 Å². The van der Waals surface area contributed by atoms with Crippen LogP contribution >= 0.6 is 23.2 Å². The number of halogens is 2. The Hall–Kier alpha value is -0.240. The summed E-state index contributed by atoms with van der Waals surface area (Å²) >= 11 is 12.4. The maximum atomic E-state index is 6.39. The first kappa shape index (κ1) is 12.8. The maximum absolute atomic E-state index is 6.39. The summed E-state index contributed by atoms with van der Waals surface area (Å²) < 4.78 is 0. The molecule has 2 saturated carbocycles. The fraction of sp³-hybridized carbons (Fsp3) is 0.600. The van der Waals surface area contributed by atoms with Gasteiger partial charge in [-0.2, -0.15) is 0 Å². The van der Waals surface area contributed by atoms with Crippen molar-refractivity contribution in [2.75, 3.05) is 6.54 Å². The van der Waals surface area contributed by atoms with Crippen molar-refractivity contribution in [3.63, 3.8) is 0 Å². The Morgan fingerprint density at radius 3 is 2.56 bits per heavy atom. The highest BCUT2D eigenvalue weighted by atomic mass is 35.5. The van der Waals surface area contributed by atoms with E-state index in [0.717, 1.165) is 28.5 Å². The third-order valence-corrected chi connectivity index (χ3v) is 4.84. The van der Waals surface area contributed by atoms with Gasteiger partial charge in [-0.25, -0.2) is 0 Å². The van der Waals surface area contributed by atoms with Gasteiger partial charge in [-0.15, -0.1) is 0 Å². The molecule has 1 aromatic rings. The Balaban J connectivity index is 1.83. The van der Waals surface area contributed by atoms with Crippen LogP contribution in [-0.4, -0.2) is 12.6 Å². The molecule has 0 radical (unpaired) electrons. The van der Waals surface area contributed by atoms with Gasteiger partial charge in [0.15, 0.2) is 0 Å². The highest BCUT2D eigenvalue weighted by Crippen LogP contribution is 2.49.